The summed E-state index contributed by atoms with van der Waals surface area (Å²) in [7, 11) is 0. The molecule has 0 aliphatic rings. The lowest BCUT2D eigenvalue weighted by Crippen LogP contribution is -2.01. The Bertz CT molecular complexity index is 500. The predicted molar refractivity (Wildman–Crippen MR) is 60.0 cm³/mol. The van der Waals surface area contributed by atoms with E-state index in [1.807, 2.05) is 6.92 Å². The fourth-order valence-electron chi connectivity index (χ4n) is 1.57. The van der Waals surface area contributed by atoms with Gasteiger partial charge in [0.1, 0.15) is 11.4 Å². The third kappa shape index (κ3) is 1.82. The first-order valence-electron chi connectivity index (χ1n) is 5.08. The SMILES string of the molecule is CCc1cc(C=O)nn1-c1ccc(O)cc1. The van der Waals surface area contributed by atoms with Gasteiger partial charge in [0.2, 0.25) is 0 Å². The van der Waals surface area contributed by atoms with E-state index < -0.39 is 0 Å². The largest absolute Gasteiger partial charge is 0.508 e. The van der Waals surface area contributed by atoms with Crippen molar-refractivity contribution >= 4 is 6.29 Å². The van der Waals surface area contributed by atoms with Gasteiger partial charge >= 0.3 is 0 Å². The number of rotatable bonds is 3. The monoisotopic (exact) mass is 216 g/mol. The Morgan fingerprint density at radius 3 is 2.62 bits per heavy atom. The van der Waals surface area contributed by atoms with Crippen LogP contribution in [0.25, 0.3) is 5.69 Å². The topological polar surface area (TPSA) is 55.1 Å². The van der Waals surface area contributed by atoms with E-state index >= 15 is 0 Å². The number of phenolic OH excluding ortho intramolecular Hbond substituents is 1. The summed E-state index contributed by atoms with van der Waals surface area (Å²) in [4.78, 5) is 10.7. The highest BCUT2D eigenvalue weighted by Crippen LogP contribution is 2.16. The van der Waals surface area contributed by atoms with Gasteiger partial charge in [-0.1, -0.05) is 6.92 Å². The molecule has 0 radical (unpaired) electrons. The summed E-state index contributed by atoms with van der Waals surface area (Å²) in [5.74, 6) is 0.213. The highest BCUT2D eigenvalue weighted by atomic mass is 16.3. The second-order valence-corrected chi connectivity index (χ2v) is 3.46. The van der Waals surface area contributed by atoms with Crippen molar-refractivity contribution in [1.29, 1.82) is 0 Å². The lowest BCUT2D eigenvalue weighted by Gasteiger charge is -2.05. The Morgan fingerprint density at radius 1 is 1.38 bits per heavy atom. The van der Waals surface area contributed by atoms with Crippen molar-refractivity contribution in [3.05, 3.63) is 41.7 Å². The van der Waals surface area contributed by atoms with Crippen LogP contribution in [0.1, 0.15) is 23.1 Å². The minimum absolute atomic E-state index is 0.213. The van der Waals surface area contributed by atoms with E-state index in [2.05, 4.69) is 5.10 Å². The van der Waals surface area contributed by atoms with Crippen LogP contribution in [0.3, 0.4) is 0 Å². The molecule has 0 aliphatic heterocycles. The molecule has 0 saturated heterocycles. The zero-order valence-electron chi connectivity index (χ0n) is 8.92. The molecule has 4 heteroatoms. The molecule has 0 unspecified atom stereocenters. The first-order valence-corrected chi connectivity index (χ1v) is 5.08. The summed E-state index contributed by atoms with van der Waals surface area (Å²) in [5, 5.41) is 13.4. The highest BCUT2D eigenvalue weighted by molar-refractivity contribution is 5.72. The van der Waals surface area contributed by atoms with Crippen molar-refractivity contribution < 1.29 is 9.90 Å². The van der Waals surface area contributed by atoms with Gasteiger partial charge in [-0.25, -0.2) is 4.68 Å². The lowest BCUT2D eigenvalue weighted by atomic mass is 10.2. The van der Waals surface area contributed by atoms with E-state index in [0.29, 0.717) is 5.69 Å². The van der Waals surface area contributed by atoms with E-state index in [-0.39, 0.29) is 5.75 Å². The third-order valence-corrected chi connectivity index (χ3v) is 2.38. The average Bonchev–Trinajstić information content (AvgIpc) is 2.73. The highest BCUT2D eigenvalue weighted by Gasteiger charge is 2.07. The van der Waals surface area contributed by atoms with Crippen LogP contribution in [0.4, 0.5) is 0 Å². The van der Waals surface area contributed by atoms with Crippen LogP contribution in [0.2, 0.25) is 0 Å². The maximum absolute atomic E-state index is 10.7. The lowest BCUT2D eigenvalue weighted by molar-refractivity contribution is 0.111. The summed E-state index contributed by atoms with van der Waals surface area (Å²) in [5.41, 5.74) is 2.22. The molecule has 0 fully saturated rings. The summed E-state index contributed by atoms with van der Waals surface area (Å²) in [6.07, 6.45) is 1.53. The zero-order chi connectivity index (χ0) is 11.5. The number of benzene rings is 1. The van der Waals surface area contributed by atoms with Crippen molar-refractivity contribution in [2.75, 3.05) is 0 Å². The number of aldehydes is 1. The molecule has 0 atom stereocenters. The Kier molecular flexibility index (Phi) is 2.72. The van der Waals surface area contributed by atoms with Gasteiger partial charge in [-0.3, -0.25) is 4.79 Å². The van der Waals surface area contributed by atoms with Crippen LogP contribution in [-0.2, 0) is 6.42 Å². The van der Waals surface area contributed by atoms with E-state index in [4.69, 9.17) is 0 Å². The van der Waals surface area contributed by atoms with Crippen LogP contribution >= 0.6 is 0 Å². The fraction of sp³-hybridized carbons (Fsp3) is 0.167. The van der Waals surface area contributed by atoms with Gasteiger partial charge in [0.15, 0.2) is 6.29 Å². The van der Waals surface area contributed by atoms with E-state index in [0.717, 1.165) is 24.1 Å². The second-order valence-electron chi connectivity index (χ2n) is 3.46. The normalized spacial score (nSPS) is 10.3. The molecule has 16 heavy (non-hydrogen) atoms. The van der Waals surface area contributed by atoms with E-state index in [1.165, 1.54) is 0 Å². The fourth-order valence-corrected chi connectivity index (χ4v) is 1.57. The molecule has 0 aliphatic carbocycles. The molecule has 0 bridgehead atoms. The molecule has 0 saturated carbocycles. The standard InChI is InChI=1S/C12H12N2O2/c1-2-10-7-9(8-15)13-14(10)11-3-5-12(16)6-4-11/h3-8,16H,2H2,1H3. The van der Waals surface area contributed by atoms with Gasteiger partial charge in [-0.05, 0) is 36.8 Å². The number of hydrogen-bond donors (Lipinski definition) is 1. The second kappa shape index (κ2) is 4.18. The average molecular weight is 216 g/mol. The van der Waals surface area contributed by atoms with Crippen molar-refractivity contribution in [2.24, 2.45) is 0 Å². The minimum Gasteiger partial charge on any atom is -0.508 e. The molecule has 2 aromatic rings. The van der Waals surface area contributed by atoms with Crippen LogP contribution in [0.5, 0.6) is 5.75 Å². The quantitative estimate of drug-likeness (QED) is 0.798. The van der Waals surface area contributed by atoms with Crippen LogP contribution in [0.15, 0.2) is 30.3 Å². The van der Waals surface area contributed by atoms with Crippen molar-refractivity contribution in [3.8, 4) is 11.4 Å². The first-order chi connectivity index (χ1) is 7.74. The molecule has 82 valence electrons. The number of hydrogen-bond acceptors (Lipinski definition) is 3. The Balaban J connectivity index is 2.49. The molecule has 1 heterocycles. The number of aromatic nitrogens is 2. The molecule has 0 amide bonds. The van der Waals surface area contributed by atoms with Gasteiger partial charge in [0.25, 0.3) is 0 Å². The van der Waals surface area contributed by atoms with Gasteiger partial charge in [-0.15, -0.1) is 0 Å². The Labute approximate surface area is 93.1 Å². The van der Waals surface area contributed by atoms with Crippen molar-refractivity contribution in [1.82, 2.24) is 9.78 Å². The molecular weight excluding hydrogens is 204 g/mol. The number of aryl methyl sites for hydroxylation is 1. The smallest absolute Gasteiger partial charge is 0.170 e. The van der Waals surface area contributed by atoms with Gasteiger partial charge < -0.3 is 5.11 Å². The Hall–Kier alpha value is -2.10. The number of carbonyl (C=O) groups excluding carboxylic acids is 1. The minimum atomic E-state index is 0.213. The summed E-state index contributed by atoms with van der Waals surface area (Å²) < 4.78 is 1.71. The van der Waals surface area contributed by atoms with Crippen molar-refractivity contribution in [2.45, 2.75) is 13.3 Å². The van der Waals surface area contributed by atoms with Gasteiger partial charge in [0, 0.05) is 5.69 Å². The zero-order valence-corrected chi connectivity index (χ0v) is 8.92. The summed E-state index contributed by atoms with van der Waals surface area (Å²) >= 11 is 0. The van der Waals surface area contributed by atoms with Crippen molar-refractivity contribution in [3.63, 3.8) is 0 Å². The third-order valence-electron chi connectivity index (χ3n) is 2.38. The molecular formula is C12H12N2O2. The maximum Gasteiger partial charge on any atom is 0.170 e. The van der Waals surface area contributed by atoms with E-state index in [1.54, 1.807) is 35.0 Å². The molecule has 0 spiro atoms. The van der Waals surface area contributed by atoms with Gasteiger partial charge in [-0.2, -0.15) is 5.10 Å². The summed E-state index contributed by atoms with van der Waals surface area (Å²) in [6, 6.07) is 8.47. The van der Waals surface area contributed by atoms with Crippen LogP contribution in [0, 0.1) is 0 Å². The molecule has 1 aromatic carbocycles. The van der Waals surface area contributed by atoms with Crippen LogP contribution in [-0.4, -0.2) is 21.2 Å². The Morgan fingerprint density at radius 2 is 2.06 bits per heavy atom. The van der Waals surface area contributed by atoms with E-state index in [9.17, 15) is 9.90 Å². The first kappa shape index (κ1) is 10.4. The molecule has 2 rings (SSSR count). The molecule has 1 aromatic heterocycles. The summed E-state index contributed by atoms with van der Waals surface area (Å²) in [6.45, 7) is 2.00. The number of carbonyl (C=O) groups is 1. The molecule has 1 N–H and O–H groups in total. The number of aromatic hydroxyl groups is 1. The predicted octanol–water partition coefficient (Wildman–Crippen LogP) is 1.95. The van der Waals surface area contributed by atoms with Crippen LogP contribution < -0.4 is 0 Å². The number of nitrogens with zero attached hydrogens (tertiary/aromatic N) is 2. The maximum atomic E-state index is 10.7. The molecule has 4 nitrogen and oxygen atoms in total. The number of phenols is 1. The van der Waals surface area contributed by atoms with Gasteiger partial charge in [0.05, 0.1) is 5.69 Å².